The SMILES string of the molecule is CCC(=O)CC.Cc1cc(C)c(C)c(C)c1C. The Morgan fingerprint density at radius 1 is 0.824 bits per heavy atom. The molecule has 0 heterocycles. The first-order chi connectivity index (χ1) is 7.84. The lowest BCUT2D eigenvalue weighted by molar-refractivity contribution is -0.118. The summed E-state index contributed by atoms with van der Waals surface area (Å²) < 4.78 is 0. The number of aryl methyl sites for hydroxylation is 2. The molecule has 17 heavy (non-hydrogen) atoms. The largest absolute Gasteiger partial charge is 0.300 e. The number of rotatable bonds is 2. The second kappa shape index (κ2) is 7.26. The van der Waals surface area contributed by atoms with E-state index >= 15 is 0 Å². The molecule has 1 aromatic carbocycles. The van der Waals surface area contributed by atoms with Gasteiger partial charge in [0.05, 0.1) is 0 Å². The number of hydrogen-bond donors (Lipinski definition) is 0. The Hall–Kier alpha value is -1.11. The molecule has 0 bridgehead atoms. The lowest BCUT2D eigenvalue weighted by atomic mass is 9.96. The van der Waals surface area contributed by atoms with Gasteiger partial charge in [0.2, 0.25) is 0 Å². The molecule has 0 saturated heterocycles. The van der Waals surface area contributed by atoms with Crippen molar-refractivity contribution in [3.8, 4) is 0 Å². The van der Waals surface area contributed by atoms with Crippen molar-refractivity contribution in [3.63, 3.8) is 0 Å². The molecule has 0 aliphatic heterocycles. The molecule has 0 aliphatic rings. The van der Waals surface area contributed by atoms with Gasteiger partial charge in [-0.1, -0.05) is 19.9 Å². The Balaban J connectivity index is 0.000000366. The van der Waals surface area contributed by atoms with Gasteiger partial charge in [-0.15, -0.1) is 0 Å². The van der Waals surface area contributed by atoms with Gasteiger partial charge in [0, 0.05) is 12.8 Å². The Bertz CT molecular complexity index is 357. The highest BCUT2D eigenvalue weighted by atomic mass is 16.1. The van der Waals surface area contributed by atoms with Crippen LogP contribution in [0.2, 0.25) is 0 Å². The average Bonchev–Trinajstić information content (AvgIpc) is 2.33. The minimum atomic E-state index is 0.343. The highest BCUT2D eigenvalue weighted by Gasteiger charge is 2.02. The van der Waals surface area contributed by atoms with Crippen LogP contribution in [-0.4, -0.2) is 5.78 Å². The predicted molar refractivity (Wildman–Crippen MR) is 75.7 cm³/mol. The standard InChI is InChI=1S/C11H16.C5H10O/c1-7-6-8(2)10(4)11(5)9(7)3;1-3-5(6)4-2/h6H,1-5H3;3-4H2,1-2H3. The highest BCUT2D eigenvalue weighted by Crippen LogP contribution is 2.19. The van der Waals surface area contributed by atoms with E-state index in [9.17, 15) is 4.79 Å². The van der Waals surface area contributed by atoms with Crippen molar-refractivity contribution >= 4 is 5.78 Å². The molecule has 0 unspecified atom stereocenters. The van der Waals surface area contributed by atoms with Gasteiger partial charge < -0.3 is 0 Å². The molecule has 1 rings (SSSR count). The van der Waals surface area contributed by atoms with Gasteiger partial charge in [0.25, 0.3) is 0 Å². The average molecular weight is 234 g/mol. The van der Waals surface area contributed by atoms with Crippen LogP contribution in [0.4, 0.5) is 0 Å². The predicted octanol–water partition coefficient (Wildman–Crippen LogP) is 4.60. The summed E-state index contributed by atoms with van der Waals surface area (Å²) in [5.74, 6) is 0.343. The van der Waals surface area contributed by atoms with E-state index < -0.39 is 0 Å². The van der Waals surface area contributed by atoms with Gasteiger partial charge in [-0.2, -0.15) is 0 Å². The molecule has 1 heteroatoms. The van der Waals surface area contributed by atoms with E-state index in [4.69, 9.17) is 0 Å². The summed E-state index contributed by atoms with van der Waals surface area (Å²) in [7, 11) is 0. The fourth-order valence-electron chi connectivity index (χ4n) is 1.66. The van der Waals surface area contributed by atoms with E-state index in [2.05, 4.69) is 40.7 Å². The van der Waals surface area contributed by atoms with Crippen molar-refractivity contribution in [2.75, 3.05) is 0 Å². The van der Waals surface area contributed by atoms with E-state index in [-0.39, 0.29) is 0 Å². The van der Waals surface area contributed by atoms with E-state index in [1.807, 2.05) is 13.8 Å². The van der Waals surface area contributed by atoms with Gasteiger partial charge in [-0.05, 0) is 62.4 Å². The summed E-state index contributed by atoms with van der Waals surface area (Å²) in [6, 6.07) is 2.26. The van der Waals surface area contributed by atoms with Crippen molar-refractivity contribution in [2.24, 2.45) is 0 Å². The third-order valence-corrected chi connectivity index (χ3v) is 3.53. The smallest absolute Gasteiger partial charge is 0.132 e. The maximum absolute atomic E-state index is 10.2. The van der Waals surface area contributed by atoms with Gasteiger partial charge >= 0.3 is 0 Å². The zero-order valence-corrected chi connectivity index (χ0v) is 12.4. The Morgan fingerprint density at radius 2 is 1.18 bits per heavy atom. The van der Waals surface area contributed by atoms with Crippen LogP contribution in [-0.2, 0) is 4.79 Å². The number of carbonyl (C=O) groups is 1. The summed E-state index contributed by atoms with van der Waals surface area (Å²) in [5, 5.41) is 0. The molecule has 1 aromatic rings. The van der Waals surface area contributed by atoms with E-state index in [1.165, 1.54) is 27.8 Å². The number of Topliss-reactive ketones (excluding diaryl/α,β-unsaturated/α-hetero) is 1. The van der Waals surface area contributed by atoms with Crippen LogP contribution in [0.3, 0.4) is 0 Å². The molecule has 0 N–H and O–H groups in total. The van der Waals surface area contributed by atoms with Crippen molar-refractivity contribution in [2.45, 2.75) is 61.3 Å². The van der Waals surface area contributed by atoms with Crippen LogP contribution < -0.4 is 0 Å². The lowest BCUT2D eigenvalue weighted by Crippen LogP contribution is -1.93. The molecule has 0 saturated carbocycles. The Morgan fingerprint density at radius 3 is 1.41 bits per heavy atom. The summed E-state index contributed by atoms with van der Waals surface area (Å²) >= 11 is 0. The van der Waals surface area contributed by atoms with Gasteiger partial charge in [-0.25, -0.2) is 0 Å². The highest BCUT2D eigenvalue weighted by molar-refractivity contribution is 5.77. The maximum Gasteiger partial charge on any atom is 0.132 e. The minimum absolute atomic E-state index is 0.343. The molecule has 0 aliphatic carbocycles. The molecular weight excluding hydrogens is 208 g/mol. The monoisotopic (exact) mass is 234 g/mol. The summed E-state index contributed by atoms with van der Waals surface area (Å²) in [6.45, 7) is 14.7. The number of carbonyl (C=O) groups excluding carboxylic acids is 1. The number of hydrogen-bond acceptors (Lipinski definition) is 1. The first kappa shape index (κ1) is 15.9. The van der Waals surface area contributed by atoms with Crippen LogP contribution in [0.25, 0.3) is 0 Å². The van der Waals surface area contributed by atoms with E-state index in [0.29, 0.717) is 18.6 Å². The Labute approximate surface area is 106 Å². The summed E-state index contributed by atoms with van der Waals surface area (Å²) in [6.07, 6.45) is 1.38. The van der Waals surface area contributed by atoms with Crippen LogP contribution >= 0.6 is 0 Å². The topological polar surface area (TPSA) is 17.1 Å². The molecule has 0 spiro atoms. The molecule has 0 aromatic heterocycles. The molecule has 96 valence electrons. The molecule has 0 fully saturated rings. The minimum Gasteiger partial charge on any atom is -0.300 e. The third-order valence-electron chi connectivity index (χ3n) is 3.53. The molecule has 1 nitrogen and oxygen atoms in total. The normalized spacial score (nSPS) is 9.59. The van der Waals surface area contributed by atoms with Crippen molar-refractivity contribution in [1.29, 1.82) is 0 Å². The number of benzene rings is 1. The summed E-state index contributed by atoms with van der Waals surface area (Å²) in [5.41, 5.74) is 7.14. The molecular formula is C16H26O. The third kappa shape index (κ3) is 4.72. The fourth-order valence-corrected chi connectivity index (χ4v) is 1.66. The first-order valence-electron chi connectivity index (χ1n) is 6.40. The Kier molecular flexibility index (Phi) is 6.79. The van der Waals surface area contributed by atoms with E-state index in [0.717, 1.165) is 0 Å². The summed E-state index contributed by atoms with van der Waals surface area (Å²) in [4.78, 5) is 10.2. The quantitative estimate of drug-likeness (QED) is 0.730. The maximum atomic E-state index is 10.2. The van der Waals surface area contributed by atoms with Gasteiger partial charge in [-0.3, -0.25) is 4.79 Å². The van der Waals surface area contributed by atoms with Crippen molar-refractivity contribution in [3.05, 3.63) is 33.9 Å². The second-order valence-electron chi connectivity index (χ2n) is 4.63. The number of ketones is 1. The molecule has 0 atom stereocenters. The van der Waals surface area contributed by atoms with Crippen molar-refractivity contribution < 1.29 is 4.79 Å². The van der Waals surface area contributed by atoms with Crippen LogP contribution in [0.15, 0.2) is 6.07 Å². The van der Waals surface area contributed by atoms with Crippen LogP contribution in [0.1, 0.15) is 54.5 Å². The van der Waals surface area contributed by atoms with Crippen LogP contribution in [0.5, 0.6) is 0 Å². The van der Waals surface area contributed by atoms with E-state index in [1.54, 1.807) is 0 Å². The molecule has 0 radical (unpaired) electrons. The second-order valence-corrected chi connectivity index (χ2v) is 4.63. The van der Waals surface area contributed by atoms with Crippen molar-refractivity contribution in [1.82, 2.24) is 0 Å². The van der Waals surface area contributed by atoms with Gasteiger partial charge in [0.1, 0.15) is 5.78 Å². The fraction of sp³-hybridized carbons (Fsp3) is 0.562. The lowest BCUT2D eigenvalue weighted by Gasteiger charge is -2.10. The first-order valence-corrected chi connectivity index (χ1v) is 6.40. The molecule has 0 amide bonds. The van der Waals surface area contributed by atoms with Gasteiger partial charge in [0.15, 0.2) is 0 Å². The zero-order chi connectivity index (χ0) is 13.6. The van der Waals surface area contributed by atoms with Crippen LogP contribution in [0, 0.1) is 34.6 Å². The zero-order valence-electron chi connectivity index (χ0n) is 12.4.